The molecule has 7 heteroatoms. The van der Waals surface area contributed by atoms with E-state index in [2.05, 4.69) is 46.5 Å². The molecule has 3 aromatic heterocycles. The molecule has 29 heavy (non-hydrogen) atoms. The second-order valence-electron chi connectivity index (χ2n) is 7.17. The fraction of sp³-hybridized carbons (Fsp3) is 0.273. The molecule has 0 bridgehead atoms. The number of hydrogen-bond acceptors (Lipinski definition) is 6. The molecule has 5 rings (SSSR count). The molecule has 1 aromatic carbocycles. The molecule has 146 valence electrons. The number of benzene rings is 1. The molecule has 0 saturated carbocycles. The van der Waals surface area contributed by atoms with Crippen molar-refractivity contribution in [1.29, 1.82) is 0 Å². The predicted molar refractivity (Wildman–Crippen MR) is 113 cm³/mol. The number of pyridine rings is 1. The Morgan fingerprint density at radius 1 is 1.24 bits per heavy atom. The van der Waals surface area contributed by atoms with E-state index in [9.17, 15) is 4.79 Å². The standard InChI is InChI=1S/C22H20N4O2S/c1-3-6-15-12-26(25-24-15)19-18-17-14(10-9-13-7-4-5-8-16(13)17)11-23-21(18)29-20(19)22(27)28-2/h4-5,7-8,11-12H,3,6,9-10H2,1-2H3. The van der Waals surface area contributed by atoms with Crippen LogP contribution in [0.25, 0.3) is 27.0 Å². The summed E-state index contributed by atoms with van der Waals surface area (Å²) in [5, 5.41) is 9.60. The molecule has 0 aliphatic heterocycles. The molecule has 1 aliphatic rings. The summed E-state index contributed by atoms with van der Waals surface area (Å²) >= 11 is 1.35. The largest absolute Gasteiger partial charge is 0.465 e. The second kappa shape index (κ2) is 7.08. The molecule has 0 amide bonds. The van der Waals surface area contributed by atoms with Crippen molar-refractivity contribution in [3.63, 3.8) is 0 Å². The molecule has 0 saturated heterocycles. The van der Waals surface area contributed by atoms with Crippen LogP contribution in [0.5, 0.6) is 0 Å². The average Bonchev–Trinajstić information content (AvgIpc) is 3.37. The number of aromatic nitrogens is 4. The van der Waals surface area contributed by atoms with Gasteiger partial charge in [-0.25, -0.2) is 14.5 Å². The average molecular weight is 404 g/mol. The molecule has 0 unspecified atom stereocenters. The molecule has 3 heterocycles. The van der Waals surface area contributed by atoms with Gasteiger partial charge in [-0.1, -0.05) is 42.8 Å². The minimum atomic E-state index is -0.381. The van der Waals surface area contributed by atoms with Crippen LogP contribution in [0.4, 0.5) is 0 Å². The predicted octanol–water partition coefficient (Wildman–Crippen LogP) is 4.38. The molecule has 0 N–H and O–H groups in total. The third-order valence-electron chi connectivity index (χ3n) is 5.37. The molecule has 1 aliphatic carbocycles. The number of aryl methyl sites for hydroxylation is 3. The molecule has 6 nitrogen and oxygen atoms in total. The summed E-state index contributed by atoms with van der Waals surface area (Å²) in [4.78, 5) is 18.6. The van der Waals surface area contributed by atoms with Gasteiger partial charge in [0.15, 0.2) is 0 Å². The lowest BCUT2D eigenvalue weighted by atomic mass is 9.85. The number of methoxy groups -OCH3 is 1. The van der Waals surface area contributed by atoms with E-state index in [0.29, 0.717) is 10.6 Å². The first-order valence-electron chi connectivity index (χ1n) is 9.73. The Hall–Kier alpha value is -3.06. The molecule has 0 atom stereocenters. The zero-order chi connectivity index (χ0) is 20.0. The normalized spacial score (nSPS) is 12.6. The number of fused-ring (bicyclic) bond motifs is 5. The lowest BCUT2D eigenvalue weighted by Crippen LogP contribution is -2.08. The first-order chi connectivity index (χ1) is 14.2. The van der Waals surface area contributed by atoms with Gasteiger partial charge < -0.3 is 4.74 Å². The van der Waals surface area contributed by atoms with Crippen LogP contribution < -0.4 is 0 Å². The quantitative estimate of drug-likeness (QED) is 0.472. The van der Waals surface area contributed by atoms with E-state index in [1.54, 1.807) is 4.68 Å². The molecule has 4 aromatic rings. The van der Waals surface area contributed by atoms with E-state index >= 15 is 0 Å². The highest BCUT2D eigenvalue weighted by molar-refractivity contribution is 7.21. The number of rotatable bonds is 4. The first-order valence-corrected chi connectivity index (χ1v) is 10.6. The van der Waals surface area contributed by atoms with E-state index in [1.165, 1.54) is 35.1 Å². The third kappa shape index (κ3) is 2.84. The van der Waals surface area contributed by atoms with Crippen LogP contribution in [0, 0.1) is 0 Å². The molecule has 0 fully saturated rings. The summed E-state index contributed by atoms with van der Waals surface area (Å²) in [6, 6.07) is 8.45. The Morgan fingerprint density at radius 2 is 2.07 bits per heavy atom. The van der Waals surface area contributed by atoms with Crippen molar-refractivity contribution in [2.24, 2.45) is 0 Å². The fourth-order valence-corrected chi connectivity index (χ4v) is 5.12. The molecular weight excluding hydrogens is 384 g/mol. The van der Waals surface area contributed by atoms with E-state index in [4.69, 9.17) is 4.74 Å². The lowest BCUT2D eigenvalue weighted by molar-refractivity contribution is 0.0606. The Balaban J connectivity index is 1.85. The van der Waals surface area contributed by atoms with Gasteiger partial charge in [-0.05, 0) is 41.5 Å². The number of thiophene rings is 1. The van der Waals surface area contributed by atoms with Gasteiger partial charge in [-0.2, -0.15) is 0 Å². The minimum absolute atomic E-state index is 0.381. The first kappa shape index (κ1) is 18.0. The Morgan fingerprint density at radius 3 is 2.90 bits per heavy atom. The van der Waals surface area contributed by atoms with Crippen LogP contribution in [-0.2, 0) is 24.0 Å². The number of ether oxygens (including phenoxy) is 1. The van der Waals surface area contributed by atoms with E-state index in [1.807, 2.05) is 12.4 Å². The molecule has 0 spiro atoms. The Kier molecular flexibility index (Phi) is 4.39. The van der Waals surface area contributed by atoms with E-state index in [0.717, 1.165) is 47.2 Å². The van der Waals surface area contributed by atoms with Crippen molar-refractivity contribution in [2.75, 3.05) is 7.11 Å². The summed E-state index contributed by atoms with van der Waals surface area (Å²) in [5.41, 5.74) is 6.47. The highest BCUT2D eigenvalue weighted by Gasteiger charge is 2.28. The maximum atomic E-state index is 12.6. The highest BCUT2D eigenvalue weighted by atomic mass is 32.1. The minimum Gasteiger partial charge on any atom is -0.465 e. The third-order valence-corrected chi connectivity index (χ3v) is 6.44. The van der Waals surface area contributed by atoms with Crippen molar-refractivity contribution < 1.29 is 9.53 Å². The summed E-state index contributed by atoms with van der Waals surface area (Å²) in [6.45, 7) is 2.11. The SMILES string of the molecule is CCCc1cn(-c2c(C(=O)OC)sc3ncc4c(c23)-c2ccccc2CC4)nn1. The zero-order valence-corrected chi connectivity index (χ0v) is 17.1. The number of hydrogen-bond donors (Lipinski definition) is 0. The van der Waals surface area contributed by atoms with Gasteiger partial charge in [0.2, 0.25) is 0 Å². The maximum absolute atomic E-state index is 12.6. The number of carbonyl (C=O) groups is 1. The van der Waals surface area contributed by atoms with Crippen molar-refractivity contribution >= 4 is 27.5 Å². The van der Waals surface area contributed by atoms with Crippen molar-refractivity contribution in [1.82, 2.24) is 20.0 Å². The van der Waals surface area contributed by atoms with Crippen molar-refractivity contribution in [3.05, 3.63) is 58.4 Å². The maximum Gasteiger partial charge on any atom is 0.350 e. The van der Waals surface area contributed by atoms with Crippen LogP contribution in [0.2, 0.25) is 0 Å². The summed E-state index contributed by atoms with van der Waals surface area (Å²) in [7, 11) is 1.40. The zero-order valence-electron chi connectivity index (χ0n) is 16.3. The van der Waals surface area contributed by atoms with Crippen LogP contribution in [0.1, 0.15) is 39.8 Å². The van der Waals surface area contributed by atoms with Crippen molar-refractivity contribution in [3.8, 4) is 16.8 Å². The fourth-order valence-electron chi connectivity index (χ4n) is 4.07. The van der Waals surface area contributed by atoms with Gasteiger partial charge in [0.05, 0.1) is 19.0 Å². The van der Waals surface area contributed by atoms with Gasteiger partial charge in [0.25, 0.3) is 0 Å². The summed E-state index contributed by atoms with van der Waals surface area (Å²) in [6.07, 6.45) is 7.59. The van der Waals surface area contributed by atoms with Crippen LogP contribution in [0.15, 0.2) is 36.7 Å². The van der Waals surface area contributed by atoms with E-state index < -0.39 is 0 Å². The molecular formula is C22H20N4O2S. The second-order valence-corrected chi connectivity index (χ2v) is 8.17. The van der Waals surface area contributed by atoms with Gasteiger partial charge in [0.1, 0.15) is 15.4 Å². The Bertz CT molecular complexity index is 1240. The highest BCUT2D eigenvalue weighted by Crippen LogP contribution is 2.44. The topological polar surface area (TPSA) is 69.9 Å². The van der Waals surface area contributed by atoms with Crippen molar-refractivity contribution in [2.45, 2.75) is 32.6 Å². The smallest absolute Gasteiger partial charge is 0.350 e. The van der Waals surface area contributed by atoms with Crippen LogP contribution in [-0.4, -0.2) is 33.1 Å². The Labute approximate surface area is 172 Å². The van der Waals surface area contributed by atoms with Gasteiger partial charge in [0, 0.05) is 11.6 Å². The van der Waals surface area contributed by atoms with Gasteiger partial charge in [-0.3, -0.25) is 0 Å². The monoisotopic (exact) mass is 404 g/mol. The van der Waals surface area contributed by atoms with Crippen LogP contribution >= 0.6 is 11.3 Å². The number of nitrogens with zero attached hydrogens (tertiary/aromatic N) is 4. The lowest BCUT2D eigenvalue weighted by Gasteiger charge is -2.20. The summed E-state index contributed by atoms with van der Waals surface area (Å²) < 4.78 is 6.80. The van der Waals surface area contributed by atoms with Gasteiger partial charge in [-0.15, -0.1) is 16.4 Å². The number of esters is 1. The number of carbonyl (C=O) groups excluding carboxylic acids is 1. The van der Waals surface area contributed by atoms with Gasteiger partial charge >= 0.3 is 5.97 Å². The summed E-state index contributed by atoms with van der Waals surface area (Å²) in [5.74, 6) is -0.381. The van der Waals surface area contributed by atoms with Crippen LogP contribution in [0.3, 0.4) is 0 Å². The van der Waals surface area contributed by atoms with E-state index in [-0.39, 0.29) is 5.97 Å². The molecule has 0 radical (unpaired) electrons.